The number of hydrogen-bond donors (Lipinski definition) is 2. The number of aliphatic hydroxyl groups is 1. The molecule has 1 aromatic rings. The van der Waals surface area contributed by atoms with Gasteiger partial charge in [0.05, 0.1) is 30.6 Å². The lowest BCUT2D eigenvalue weighted by atomic mass is 10.1. The van der Waals surface area contributed by atoms with Crippen molar-refractivity contribution in [1.29, 1.82) is 0 Å². The fourth-order valence-electron chi connectivity index (χ4n) is 2.47. The van der Waals surface area contributed by atoms with Crippen LogP contribution in [-0.2, 0) is 4.74 Å². The number of hydrogen-bond acceptors (Lipinski definition) is 5. The molecule has 0 aromatic heterocycles. The average molecular weight is 293 g/mol. The van der Waals surface area contributed by atoms with Gasteiger partial charge < -0.3 is 25.4 Å². The zero-order valence-electron chi connectivity index (χ0n) is 12.7. The van der Waals surface area contributed by atoms with Gasteiger partial charge in [0, 0.05) is 32.4 Å². The number of nitrogens with zero attached hydrogens (tertiary/aromatic N) is 2. The van der Waals surface area contributed by atoms with Crippen LogP contribution in [0.4, 0.5) is 11.4 Å². The molecule has 0 radical (unpaired) electrons. The van der Waals surface area contributed by atoms with Crippen molar-refractivity contribution in [3.05, 3.63) is 23.8 Å². The largest absolute Gasteiger partial charge is 0.399 e. The number of ether oxygens (including phenoxy) is 1. The van der Waals surface area contributed by atoms with E-state index in [0.717, 1.165) is 5.69 Å². The van der Waals surface area contributed by atoms with E-state index in [2.05, 4.69) is 4.90 Å². The Morgan fingerprint density at radius 3 is 2.86 bits per heavy atom. The molecule has 1 fully saturated rings. The first-order chi connectivity index (χ1) is 9.93. The van der Waals surface area contributed by atoms with Crippen LogP contribution in [0.5, 0.6) is 0 Å². The summed E-state index contributed by atoms with van der Waals surface area (Å²) < 4.78 is 5.55. The van der Waals surface area contributed by atoms with Crippen molar-refractivity contribution in [1.82, 2.24) is 4.90 Å². The monoisotopic (exact) mass is 293 g/mol. The molecule has 21 heavy (non-hydrogen) atoms. The van der Waals surface area contributed by atoms with E-state index >= 15 is 0 Å². The number of aliphatic hydroxyl groups excluding tert-OH is 1. The van der Waals surface area contributed by atoms with E-state index < -0.39 is 0 Å². The lowest BCUT2D eigenvalue weighted by molar-refractivity contribution is -0.0103. The molecular formula is C15H23N3O3. The summed E-state index contributed by atoms with van der Waals surface area (Å²) in [6, 6.07) is 5.41. The number of carbonyl (C=O) groups is 1. The van der Waals surface area contributed by atoms with Gasteiger partial charge in [-0.15, -0.1) is 0 Å². The van der Waals surface area contributed by atoms with Crippen molar-refractivity contribution in [2.45, 2.75) is 19.1 Å². The Bertz CT molecular complexity index is 519. The van der Waals surface area contributed by atoms with E-state index in [1.807, 2.05) is 13.0 Å². The Labute approximate surface area is 125 Å². The van der Waals surface area contributed by atoms with Crippen LogP contribution in [0.15, 0.2) is 18.2 Å². The molecule has 1 amide bonds. The SMILES string of the molecule is CC1COC(CO)CN1c1cc(N)ccc1C(=O)N(C)C. The van der Waals surface area contributed by atoms with Gasteiger partial charge in [-0.25, -0.2) is 0 Å². The molecule has 1 aromatic carbocycles. The second-order valence-corrected chi connectivity index (χ2v) is 5.62. The molecule has 6 heteroatoms. The molecule has 2 unspecified atom stereocenters. The molecular weight excluding hydrogens is 270 g/mol. The Morgan fingerprint density at radius 2 is 2.24 bits per heavy atom. The van der Waals surface area contributed by atoms with Gasteiger partial charge in [0.2, 0.25) is 0 Å². The maximum atomic E-state index is 12.4. The summed E-state index contributed by atoms with van der Waals surface area (Å²) in [5, 5.41) is 9.31. The fraction of sp³-hybridized carbons (Fsp3) is 0.533. The summed E-state index contributed by atoms with van der Waals surface area (Å²) in [4.78, 5) is 16.0. The van der Waals surface area contributed by atoms with Crippen molar-refractivity contribution < 1.29 is 14.6 Å². The lowest BCUT2D eigenvalue weighted by Crippen LogP contribution is -2.50. The van der Waals surface area contributed by atoms with E-state index in [4.69, 9.17) is 10.5 Å². The summed E-state index contributed by atoms with van der Waals surface area (Å²) in [5.41, 5.74) is 7.91. The van der Waals surface area contributed by atoms with Gasteiger partial charge in [-0.2, -0.15) is 0 Å². The summed E-state index contributed by atoms with van der Waals surface area (Å²) in [5.74, 6) is -0.0655. The predicted octanol–water partition coefficient (Wildman–Crippen LogP) is 0.557. The minimum absolute atomic E-state index is 0.0392. The van der Waals surface area contributed by atoms with Crippen LogP contribution in [0.25, 0.3) is 0 Å². The average Bonchev–Trinajstić information content (AvgIpc) is 2.47. The number of rotatable bonds is 3. The van der Waals surface area contributed by atoms with Crippen molar-refractivity contribution in [3.63, 3.8) is 0 Å². The summed E-state index contributed by atoms with van der Waals surface area (Å²) in [7, 11) is 3.45. The number of morpholine rings is 1. The molecule has 1 saturated heterocycles. The summed E-state index contributed by atoms with van der Waals surface area (Å²) >= 11 is 0. The zero-order chi connectivity index (χ0) is 15.6. The minimum Gasteiger partial charge on any atom is -0.399 e. The van der Waals surface area contributed by atoms with E-state index in [9.17, 15) is 9.90 Å². The quantitative estimate of drug-likeness (QED) is 0.796. The minimum atomic E-state index is -0.245. The molecule has 0 bridgehead atoms. The number of nitrogen functional groups attached to an aromatic ring is 1. The zero-order valence-corrected chi connectivity index (χ0v) is 12.7. The molecule has 1 heterocycles. The molecule has 116 valence electrons. The number of nitrogens with two attached hydrogens (primary N) is 1. The van der Waals surface area contributed by atoms with Crippen LogP contribution < -0.4 is 10.6 Å². The molecule has 0 spiro atoms. The summed E-state index contributed by atoms with van der Waals surface area (Å²) in [6.07, 6.45) is -0.245. The first kappa shape index (κ1) is 15.6. The molecule has 2 atom stereocenters. The fourth-order valence-corrected chi connectivity index (χ4v) is 2.47. The van der Waals surface area contributed by atoms with Gasteiger partial charge in [-0.05, 0) is 25.1 Å². The predicted molar refractivity (Wildman–Crippen MR) is 82.5 cm³/mol. The molecule has 6 nitrogen and oxygen atoms in total. The molecule has 0 aliphatic carbocycles. The van der Waals surface area contributed by atoms with Crippen LogP contribution in [-0.4, -0.2) is 61.9 Å². The Morgan fingerprint density at radius 1 is 1.52 bits per heavy atom. The van der Waals surface area contributed by atoms with E-state index in [-0.39, 0.29) is 24.7 Å². The lowest BCUT2D eigenvalue weighted by Gasteiger charge is -2.40. The van der Waals surface area contributed by atoms with E-state index in [1.165, 1.54) is 0 Å². The van der Waals surface area contributed by atoms with Crippen molar-refractivity contribution in [2.75, 3.05) is 44.5 Å². The van der Waals surface area contributed by atoms with E-state index in [1.54, 1.807) is 31.1 Å². The number of anilines is 2. The van der Waals surface area contributed by atoms with Crippen LogP contribution in [0.2, 0.25) is 0 Å². The highest BCUT2D eigenvalue weighted by atomic mass is 16.5. The Hall–Kier alpha value is -1.79. The molecule has 2 rings (SSSR count). The Balaban J connectivity index is 2.40. The standard InChI is InChI=1S/C15H23N3O3/c1-10-9-21-12(8-19)7-18(10)14-6-11(16)4-5-13(14)15(20)17(2)3/h4-6,10,12,19H,7-9,16H2,1-3H3. The van der Waals surface area contributed by atoms with Gasteiger partial charge in [0.15, 0.2) is 0 Å². The highest BCUT2D eigenvalue weighted by Crippen LogP contribution is 2.28. The first-order valence-electron chi connectivity index (χ1n) is 7.04. The third-order valence-corrected chi connectivity index (χ3v) is 3.68. The van der Waals surface area contributed by atoms with Crippen molar-refractivity contribution in [2.24, 2.45) is 0 Å². The third kappa shape index (κ3) is 3.28. The summed E-state index contributed by atoms with van der Waals surface area (Å²) in [6.45, 7) is 3.04. The molecule has 1 aliphatic rings. The smallest absolute Gasteiger partial charge is 0.255 e. The van der Waals surface area contributed by atoms with Gasteiger partial charge in [-0.1, -0.05) is 0 Å². The van der Waals surface area contributed by atoms with Crippen LogP contribution in [0.3, 0.4) is 0 Å². The number of amides is 1. The Kier molecular flexibility index (Phi) is 4.69. The first-order valence-corrected chi connectivity index (χ1v) is 7.04. The van der Waals surface area contributed by atoms with Gasteiger partial charge in [0.1, 0.15) is 0 Å². The maximum Gasteiger partial charge on any atom is 0.255 e. The maximum absolute atomic E-state index is 12.4. The number of benzene rings is 1. The van der Waals surface area contributed by atoms with Crippen molar-refractivity contribution >= 4 is 17.3 Å². The molecule has 0 saturated carbocycles. The third-order valence-electron chi connectivity index (χ3n) is 3.68. The topological polar surface area (TPSA) is 79.0 Å². The number of carbonyl (C=O) groups excluding carboxylic acids is 1. The van der Waals surface area contributed by atoms with Gasteiger partial charge in [-0.3, -0.25) is 4.79 Å². The van der Waals surface area contributed by atoms with Crippen LogP contribution >= 0.6 is 0 Å². The van der Waals surface area contributed by atoms with Gasteiger partial charge in [0.25, 0.3) is 5.91 Å². The molecule has 3 N–H and O–H groups in total. The van der Waals surface area contributed by atoms with Gasteiger partial charge >= 0.3 is 0 Å². The van der Waals surface area contributed by atoms with E-state index in [0.29, 0.717) is 24.4 Å². The highest BCUT2D eigenvalue weighted by molar-refractivity contribution is 6.00. The molecule has 1 aliphatic heterocycles. The van der Waals surface area contributed by atoms with Crippen molar-refractivity contribution in [3.8, 4) is 0 Å². The van der Waals surface area contributed by atoms with Crippen LogP contribution in [0, 0.1) is 0 Å². The highest BCUT2D eigenvalue weighted by Gasteiger charge is 2.29. The second kappa shape index (κ2) is 6.32. The normalized spacial score (nSPS) is 22.2. The second-order valence-electron chi connectivity index (χ2n) is 5.62. The van der Waals surface area contributed by atoms with Crippen LogP contribution in [0.1, 0.15) is 17.3 Å².